The van der Waals surface area contributed by atoms with Crippen molar-refractivity contribution in [3.8, 4) is 5.75 Å². The Labute approximate surface area is 209 Å². The third-order valence-electron chi connectivity index (χ3n) is 5.70. The second kappa shape index (κ2) is 11.6. The van der Waals surface area contributed by atoms with Crippen LogP contribution in [0.5, 0.6) is 5.75 Å². The van der Waals surface area contributed by atoms with Gasteiger partial charge < -0.3 is 23.9 Å². The Morgan fingerprint density at radius 2 is 1.36 bits per heavy atom. The van der Waals surface area contributed by atoms with Gasteiger partial charge in [-0.25, -0.2) is 9.59 Å². The minimum absolute atomic E-state index is 0.104. The fraction of sp³-hybridized carbons (Fsp3) is 0.241. The van der Waals surface area contributed by atoms with Crippen LogP contribution in [-0.4, -0.2) is 47.5 Å². The van der Waals surface area contributed by atoms with E-state index in [-0.39, 0.29) is 25.4 Å². The third-order valence-corrected chi connectivity index (χ3v) is 5.70. The fourth-order valence-electron chi connectivity index (χ4n) is 4.10. The van der Waals surface area contributed by atoms with E-state index < -0.39 is 18.0 Å². The van der Waals surface area contributed by atoms with Gasteiger partial charge in [0.15, 0.2) is 0 Å². The van der Waals surface area contributed by atoms with Gasteiger partial charge in [0.2, 0.25) is 0 Å². The molecule has 0 aliphatic carbocycles. The third kappa shape index (κ3) is 5.58. The largest absolute Gasteiger partial charge is 0.491 e. The first-order chi connectivity index (χ1) is 17.5. The first kappa shape index (κ1) is 25.0. The number of aromatic nitrogens is 1. The highest BCUT2D eigenvalue weighted by molar-refractivity contribution is 6.17. The SMILES string of the molecule is CCOC(=O)C(=Cc1ccc(OCC(O)Cn2c3ccccc3c3ccccc32)cc1)C(=O)OCC. The van der Waals surface area contributed by atoms with Crippen molar-refractivity contribution in [1.29, 1.82) is 0 Å². The summed E-state index contributed by atoms with van der Waals surface area (Å²) < 4.78 is 17.8. The second-order valence-corrected chi connectivity index (χ2v) is 8.18. The van der Waals surface area contributed by atoms with Crippen molar-refractivity contribution in [3.63, 3.8) is 0 Å². The number of rotatable bonds is 10. The number of esters is 2. The summed E-state index contributed by atoms with van der Waals surface area (Å²) >= 11 is 0. The summed E-state index contributed by atoms with van der Waals surface area (Å²) in [5.41, 5.74) is 2.57. The number of carbonyl (C=O) groups is 2. The monoisotopic (exact) mass is 487 g/mol. The summed E-state index contributed by atoms with van der Waals surface area (Å²) in [6.07, 6.45) is 0.694. The second-order valence-electron chi connectivity index (χ2n) is 8.18. The zero-order valence-corrected chi connectivity index (χ0v) is 20.3. The molecule has 4 rings (SSSR count). The number of fused-ring (bicyclic) bond motifs is 3. The fourth-order valence-corrected chi connectivity index (χ4v) is 4.10. The molecule has 7 heteroatoms. The van der Waals surface area contributed by atoms with E-state index in [1.165, 1.54) is 6.08 Å². The maximum Gasteiger partial charge on any atom is 0.345 e. The predicted molar refractivity (Wildman–Crippen MR) is 139 cm³/mol. The molecule has 36 heavy (non-hydrogen) atoms. The average Bonchev–Trinajstić information content (AvgIpc) is 3.20. The summed E-state index contributed by atoms with van der Waals surface area (Å²) in [6.45, 7) is 4.13. The molecule has 7 nitrogen and oxygen atoms in total. The number of hydrogen-bond donors (Lipinski definition) is 1. The van der Waals surface area contributed by atoms with Gasteiger partial charge in [-0.2, -0.15) is 0 Å². The number of ether oxygens (including phenoxy) is 3. The normalized spacial score (nSPS) is 11.8. The molecular weight excluding hydrogens is 458 g/mol. The Morgan fingerprint density at radius 3 is 1.89 bits per heavy atom. The highest BCUT2D eigenvalue weighted by Crippen LogP contribution is 2.29. The van der Waals surface area contributed by atoms with Gasteiger partial charge in [-0.3, -0.25) is 0 Å². The molecular formula is C29H29NO6. The van der Waals surface area contributed by atoms with Crippen LogP contribution in [0.25, 0.3) is 27.9 Å². The van der Waals surface area contributed by atoms with Gasteiger partial charge in [-0.1, -0.05) is 48.5 Å². The molecule has 4 aromatic rings. The van der Waals surface area contributed by atoms with Crippen LogP contribution >= 0.6 is 0 Å². The van der Waals surface area contributed by atoms with E-state index in [1.54, 1.807) is 38.1 Å². The number of para-hydroxylation sites is 2. The summed E-state index contributed by atoms with van der Waals surface area (Å²) in [5.74, 6) is -0.906. The van der Waals surface area contributed by atoms with Gasteiger partial charge in [0.05, 0.1) is 19.8 Å². The van der Waals surface area contributed by atoms with Gasteiger partial charge >= 0.3 is 11.9 Å². The number of carbonyl (C=O) groups excluding carboxylic acids is 2. The van der Waals surface area contributed by atoms with E-state index in [4.69, 9.17) is 14.2 Å². The highest BCUT2D eigenvalue weighted by atomic mass is 16.6. The number of benzene rings is 3. The zero-order valence-electron chi connectivity index (χ0n) is 20.3. The van der Waals surface area contributed by atoms with Crippen LogP contribution in [-0.2, 0) is 25.6 Å². The van der Waals surface area contributed by atoms with Gasteiger partial charge in [-0.05, 0) is 49.8 Å². The van der Waals surface area contributed by atoms with Crippen molar-refractivity contribution in [1.82, 2.24) is 4.57 Å². The topological polar surface area (TPSA) is 87.0 Å². The molecule has 0 spiro atoms. The summed E-state index contributed by atoms with van der Waals surface area (Å²) in [4.78, 5) is 24.3. The lowest BCUT2D eigenvalue weighted by molar-refractivity contribution is -0.146. The predicted octanol–water partition coefficient (Wildman–Crippen LogP) is 4.74. The molecule has 0 amide bonds. The van der Waals surface area contributed by atoms with E-state index in [9.17, 15) is 14.7 Å². The first-order valence-corrected chi connectivity index (χ1v) is 11.9. The number of nitrogens with zero attached hydrogens (tertiary/aromatic N) is 1. The van der Waals surface area contributed by atoms with Gasteiger partial charge in [0.1, 0.15) is 24.0 Å². The molecule has 1 heterocycles. The van der Waals surface area contributed by atoms with Crippen molar-refractivity contribution in [3.05, 3.63) is 83.9 Å². The van der Waals surface area contributed by atoms with Gasteiger partial charge in [0, 0.05) is 21.8 Å². The van der Waals surface area contributed by atoms with Crippen molar-refractivity contribution in [2.75, 3.05) is 19.8 Å². The van der Waals surface area contributed by atoms with Crippen LogP contribution < -0.4 is 4.74 Å². The van der Waals surface area contributed by atoms with Gasteiger partial charge in [-0.15, -0.1) is 0 Å². The summed E-state index contributed by atoms with van der Waals surface area (Å²) in [6, 6.07) is 23.1. The molecule has 1 unspecified atom stereocenters. The average molecular weight is 488 g/mol. The molecule has 0 radical (unpaired) electrons. The standard InChI is InChI=1S/C29H29NO6/c1-3-34-28(32)25(29(33)35-4-2)17-20-13-15-22(16-14-20)36-19-21(31)18-30-26-11-7-5-9-23(26)24-10-6-8-12-27(24)30/h5-17,21,31H,3-4,18-19H2,1-2H3. The molecule has 0 saturated heterocycles. The number of hydrogen-bond acceptors (Lipinski definition) is 6. The van der Waals surface area contributed by atoms with Crippen molar-refractivity contribution in [2.45, 2.75) is 26.5 Å². The molecule has 0 aliphatic heterocycles. The summed E-state index contributed by atoms with van der Waals surface area (Å²) in [7, 11) is 0. The highest BCUT2D eigenvalue weighted by Gasteiger charge is 2.21. The van der Waals surface area contributed by atoms with E-state index in [2.05, 4.69) is 28.8 Å². The Hall–Kier alpha value is -4.10. The van der Waals surface area contributed by atoms with E-state index in [1.807, 2.05) is 24.3 Å². The molecule has 0 fully saturated rings. The molecule has 0 bridgehead atoms. The van der Waals surface area contributed by atoms with Crippen LogP contribution in [0.3, 0.4) is 0 Å². The van der Waals surface area contributed by atoms with Crippen molar-refractivity contribution >= 4 is 39.8 Å². The van der Waals surface area contributed by atoms with Crippen LogP contribution in [0, 0.1) is 0 Å². The number of aliphatic hydroxyl groups excluding tert-OH is 1. The van der Waals surface area contributed by atoms with E-state index in [0.29, 0.717) is 17.9 Å². The van der Waals surface area contributed by atoms with Crippen molar-refractivity contribution in [2.24, 2.45) is 0 Å². The maximum absolute atomic E-state index is 12.2. The Morgan fingerprint density at radius 1 is 0.833 bits per heavy atom. The molecule has 0 saturated carbocycles. The number of aliphatic hydroxyl groups is 1. The molecule has 1 N–H and O–H groups in total. The lowest BCUT2D eigenvalue weighted by Crippen LogP contribution is -2.23. The van der Waals surface area contributed by atoms with Gasteiger partial charge in [0.25, 0.3) is 0 Å². The Bertz CT molecular complexity index is 1310. The van der Waals surface area contributed by atoms with Crippen molar-refractivity contribution < 1.29 is 28.9 Å². The lowest BCUT2D eigenvalue weighted by Gasteiger charge is -2.15. The Kier molecular flexibility index (Phi) is 8.02. The van der Waals surface area contributed by atoms with Crippen LogP contribution in [0.4, 0.5) is 0 Å². The minimum Gasteiger partial charge on any atom is -0.491 e. The maximum atomic E-state index is 12.2. The first-order valence-electron chi connectivity index (χ1n) is 11.9. The van der Waals surface area contributed by atoms with E-state index in [0.717, 1.165) is 21.8 Å². The van der Waals surface area contributed by atoms with Crippen LogP contribution in [0.1, 0.15) is 19.4 Å². The molecule has 1 aromatic heterocycles. The molecule has 3 aromatic carbocycles. The smallest absolute Gasteiger partial charge is 0.345 e. The minimum atomic E-state index is -0.733. The molecule has 0 aliphatic rings. The lowest BCUT2D eigenvalue weighted by atomic mass is 10.1. The zero-order chi connectivity index (χ0) is 25.5. The molecule has 1 atom stereocenters. The Balaban J connectivity index is 1.44. The summed E-state index contributed by atoms with van der Waals surface area (Å²) in [5, 5.41) is 13.0. The quantitative estimate of drug-likeness (QED) is 0.150. The van der Waals surface area contributed by atoms with Crippen LogP contribution in [0.2, 0.25) is 0 Å². The van der Waals surface area contributed by atoms with Crippen LogP contribution in [0.15, 0.2) is 78.4 Å². The van der Waals surface area contributed by atoms with E-state index >= 15 is 0 Å². The molecule has 186 valence electrons.